The molecule has 1 aromatic carbocycles. The van der Waals surface area contributed by atoms with Crippen LogP contribution >= 0.6 is 15.9 Å². The van der Waals surface area contributed by atoms with Crippen molar-refractivity contribution < 1.29 is 18.9 Å². The number of hydrogen-bond acceptors (Lipinski definition) is 3. The summed E-state index contributed by atoms with van der Waals surface area (Å²) in [4.78, 5) is 25.2. The van der Waals surface area contributed by atoms with Crippen LogP contribution in [-0.4, -0.2) is 44.9 Å². The van der Waals surface area contributed by atoms with Crippen LogP contribution < -0.4 is 0 Å². The molecule has 0 radical (unpaired) electrons. The van der Waals surface area contributed by atoms with Crippen LogP contribution in [0.4, 0.5) is 0 Å². The maximum Gasteiger partial charge on any atom is 0.306 e. The molecule has 0 spiro atoms. The number of nitrogens with zero attached hydrogens (tertiary/aromatic N) is 1. The minimum atomic E-state index is -1.40. The molecule has 1 unspecified atom stereocenters. The van der Waals surface area contributed by atoms with Gasteiger partial charge in [-0.15, -0.1) is 0 Å². The van der Waals surface area contributed by atoms with Gasteiger partial charge in [-0.3, -0.25) is 13.8 Å². The molecule has 0 saturated carbocycles. The lowest BCUT2D eigenvalue weighted by Gasteiger charge is -2.30. The van der Waals surface area contributed by atoms with Crippen LogP contribution in [-0.2, 0) is 20.4 Å². The summed E-state index contributed by atoms with van der Waals surface area (Å²) < 4.78 is 13.0. The van der Waals surface area contributed by atoms with Crippen molar-refractivity contribution in [1.29, 1.82) is 0 Å². The quantitative estimate of drug-likeness (QED) is 0.874. The van der Waals surface area contributed by atoms with Gasteiger partial charge in [0.05, 0.1) is 21.6 Å². The minimum absolute atomic E-state index is 0.0691. The van der Waals surface area contributed by atoms with Crippen molar-refractivity contribution in [2.75, 3.05) is 18.8 Å². The molecule has 1 heterocycles. The zero-order valence-electron chi connectivity index (χ0n) is 11.3. The lowest BCUT2D eigenvalue weighted by Crippen LogP contribution is -2.42. The Balaban J connectivity index is 1.92. The van der Waals surface area contributed by atoms with Gasteiger partial charge in [0, 0.05) is 17.6 Å². The van der Waals surface area contributed by atoms with Crippen LogP contribution in [0.1, 0.15) is 12.8 Å². The van der Waals surface area contributed by atoms with Gasteiger partial charge in [0.2, 0.25) is 5.91 Å². The molecule has 2 rings (SSSR count). The number of carboxylic acids is 1. The number of likely N-dealkylation sites (tertiary alicyclic amines) is 1. The maximum atomic E-state index is 12.2. The molecular weight excluding hydrogens is 358 g/mol. The predicted molar refractivity (Wildman–Crippen MR) is 82.4 cm³/mol. The molecular formula is C14H16BrNO4S. The molecule has 1 atom stereocenters. The first-order valence-electron chi connectivity index (χ1n) is 6.62. The highest BCUT2D eigenvalue weighted by molar-refractivity contribution is 9.10. The van der Waals surface area contributed by atoms with Crippen LogP contribution in [0.5, 0.6) is 0 Å². The van der Waals surface area contributed by atoms with Crippen LogP contribution in [0, 0.1) is 5.92 Å². The monoisotopic (exact) mass is 373 g/mol. The van der Waals surface area contributed by atoms with Crippen molar-refractivity contribution in [3.8, 4) is 0 Å². The highest BCUT2D eigenvalue weighted by Gasteiger charge is 2.27. The lowest BCUT2D eigenvalue weighted by molar-refractivity contribution is -0.145. The van der Waals surface area contributed by atoms with E-state index in [-0.39, 0.29) is 17.6 Å². The fraction of sp³-hybridized carbons (Fsp3) is 0.429. The van der Waals surface area contributed by atoms with E-state index >= 15 is 0 Å². The van der Waals surface area contributed by atoms with E-state index in [1.165, 1.54) is 0 Å². The molecule has 7 heteroatoms. The zero-order valence-corrected chi connectivity index (χ0v) is 13.7. The number of rotatable bonds is 4. The van der Waals surface area contributed by atoms with Gasteiger partial charge in [-0.05, 0) is 40.9 Å². The summed E-state index contributed by atoms with van der Waals surface area (Å²) in [7, 11) is -1.40. The average Bonchev–Trinajstić information content (AvgIpc) is 2.47. The number of halogens is 1. The van der Waals surface area contributed by atoms with Crippen LogP contribution in [0.2, 0.25) is 0 Å². The van der Waals surface area contributed by atoms with E-state index in [1.807, 2.05) is 6.07 Å². The molecule has 1 amide bonds. The molecule has 5 nitrogen and oxygen atoms in total. The van der Waals surface area contributed by atoms with Crippen molar-refractivity contribution in [3.05, 3.63) is 28.7 Å². The molecule has 0 aromatic heterocycles. The second-order valence-corrected chi connectivity index (χ2v) is 7.19. The van der Waals surface area contributed by atoms with E-state index in [1.54, 1.807) is 23.1 Å². The number of carbonyl (C=O) groups is 2. The van der Waals surface area contributed by atoms with E-state index in [0.717, 1.165) is 4.47 Å². The van der Waals surface area contributed by atoms with Crippen molar-refractivity contribution in [1.82, 2.24) is 4.90 Å². The maximum absolute atomic E-state index is 12.2. The normalized spacial score (nSPS) is 17.5. The van der Waals surface area contributed by atoms with Gasteiger partial charge in [-0.1, -0.05) is 12.1 Å². The van der Waals surface area contributed by atoms with E-state index in [0.29, 0.717) is 30.8 Å². The third kappa shape index (κ3) is 4.14. The third-order valence-electron chi connectivity index (χ3n) is 3.53. The summed E-state index contributed by atoms with van der Waals surface area (Å²) in [6.07, 6.45) is 0.922. The van der Waals surface area contributed by atoms with E-state index in [2.05, 4.69) is 15.9 Å². The average molecular weight is 374 g/mol. The number of amides is 1. The van der Waals surface area contributed by atoms with Gasteiger partial charge in [0.1, 0.15) is 5.75 Å². The second kappa shape index (κ2) is 7.17. The minimum Gasteiger partial charge on any atom is -0.481 e. The standard InChI is InChI=1S/C14H16BrNO4S/c15-11-3-1-2-4-12(11)21(20)9-13(17)16-7-5-10(6-8-16)14(18)19/h1-4,10H,5-9H2,(H,18,19). The molecule has 0 bridgehead atoms. The highest BCUT2D eigenvalue weighted by Crippen LogP contribution is 2.21. The molecule has 1 aliphatic rings. The molecule has 21 heavy (non-hydrogen) atoms. The number of benzene rings is 1. The number of piperidine rings is 1. The lowest BCUT2D eigenvalue weighted by atomic mass is 9.97. The molecule has 114 valence electrons. The largest absolute Gasteiger partial charge is 0.481 e. The molecule has 1 aromatic rings. The Morgan fingerprint density at radius 1 is 1.29 bits per heavy atom. The topological polar surface area (TPSA) is 74.7 Å². The van der Waals surface area contributed by atoms with Crippen molar-refractivity contribution in [3.63, 3.8) is 0 Å². The summed E-state index contributed by atoms with van der Waals surface area (Å²) in [6, 6.07) is 7.12. The Hall–Kier alpha value is -1.21. The molecule has 1 aliphatic heterocycles. The van der Waals surface area contributed by atoms with Crippen molar-refractivity contribution in [2.24, 2.45) is 5.92 Å². The summed E-state index contributed by atoms with van der Waals surface area (Å²) in [5.74, 6) is -1.44. The first kappa shape index (κ1) is 16.2. The summed E-state index contributed by atoms with van der Waals surface area (Å²) in [5.41, 5.74) is 0. The number of carbonyl (C=O) groups excluding carboxylic acids is 1. The Kier molecular flexibility index (Phi) is 5.52. The van der Waals surface area contributed by atoms with E-state index < -0.39 is 16.8 Å². The second-order valence-electron chi connectivity index (χ2n) is 4.91. The summed E-state index contributed by atoms with van der Waals surface area (Å²) >= 11 is 3.32. The number of carboxylic acid groups (broad SMARTS) is 1. The fourth-order valence-electron chi connectivity index (χ4n) is 2.29. The van der Waals surface area contributed by atoms with Gasteiger partial charge in [-0.2, -0.15) is 0 Å². The number of aliphatic carboxylic acids is 1. The van der Waals surface area contributed by atoms with Gasteiger partial charge in [-0.25, -0.2) is 0 Å². The van der Waals surface area contributed by atoms with E-state index in [9.17, 15) is 13.8 Å². The zero-order chi connectivity index (χ0) is 15.4. The summed E-state index contributed by atoms with van der Waals surface area (Å²) in [5, 5.41) is 8.93. The Morgan fingerprint density at radius 2 is 1.90 bits per heavy atom. The first-order chi connectivity index (χ1) is 9.99. The van der Waals surface area contributed by atoms with Gasteiger partial charge in [0.15, 0.2) is 0 Å². The Morgan fingerprint density at radius 3 is 2.48 bits per heavy atom. The smallest absolute Gasteiger partial charge is 0.306 e. The van der Waals surface area contributed by atoms with Gasteiger partial charge < -0.3 is 10.0 Å². The Labute approximate surface area is 133 Å². The van der Waals surface area contributed by atoms with Crippen LogP contribution in [0.15, 0.2) is 33.6 Å². The first-order valence-corrected chi connectivity index (χ1v) is 8.73. The molecule has 1 saturated heterocycles. The van der Waals surface area contributed by atoms with Crippen molar-refractivity contribution >= 4 is 38.6 Å². The highest BCUT2D eigenvalue weighted by atomic mass is 79.9. The third-order valence-corrected chi connectivity index (χ3v) is 5.84. The molecule has 1 fully saturated rings. The van der Waals surface area contributed by atoms with Crippen LogP contribution in [0.25, 0.3) is 0 Å². The van der Waals surface area contributed by atoms with Crippen LogP contribution in [0.3, 0.4) is 0 Å². The van der Waals surface area contributed by atoms with Gasteiger partial charge in [0.25, 0.3) is 0 Å². The van der Waals surface area contributed by atoms with Crippen molar-refractivity contribution in [2.45, 2.75) is 17.7 Å². The summed E-state index contributed by atoms with van der Waals surface area (Å²) in [6.45, 7) is 0.839. The fourth-order valence-corrected chi connectivity index (χ4v) is 4.19. The van der Waals surface area contributed by atoms with Gasteiger partial charge >= 0.3 is 5.97 Å². The molecule has 1 N–H and O–H groups in total. The predicted octanol–water partition coefficient (Wildman–Crippen LogP) is 1.88. The number of hydrogen-bond donors (Lipinski definition) is 1. The van der Waals surface area contributed by atoms with E-state index in [4.69, 9.17) is 5.11 Å². The molecule has 0 aliphatic carbocycles. The Bertz CT molecular complexity index is 570. The SMILES string of the molecule is O=C(O)C1CCN(C(=O)CS(=O)c2ccccc2Br)CC1.